The van der Waals surface area contributed by atoms with Gasteiger partial charge in [-0.3, -0.25) is 0 Å². The molecule has 0 radical (unpaired) electrons. The summed E-state index contributed by atoms with van der Waals surface area (Å²) >= 11 is 1.84. The highest BCUT2D eigenvalue weighted by atomic mass is 32.1. The number of anilines is 1. The van der Waals surface area contributed by atoms with E-state index in [1.165, 1.54) is 41.5 Å². The summed E-state index contributed by atoms with van der Waals surface area (Å²) in [4.78, 5) is 7.24. The molecule has 0 saturated carbocycles. The van der Waals surface area contributed by atoms with Crippen molar-refractivity contribution in [2.75, 3.05) is 5.73 Å². The van der Waals surface area contributed by atoms with Crippen LogP contribution in [0.1, 0.15) is 37.1 Å². The molecule has 3 rings (SSSR count). The monoisotopic (exact) mass is 262 g/mol. The van der Waals surface area contributed by atoms with E-state index in [0.717, 1.165) is 17.2 Å². The summed E-state index contributed by atoms with van der Waals surface area (Å²) in [6, 6.07) is 0. The average Bonchev–Trinajstić information content (AvgIpc) is 2.71. The second-order valence-electron chi connectivity index (χ2n) is 5.57. The molecule has 96 valence electrons. The normalized spacial score (nSPS) is 15.3. The Morgan fingerprint density at radius 2 is 2.17 bits per heavy atom. The second kappa shape index (κ2) is 4.50. The van der Waals surface area contributed by atoms with Gasteiger partial charge in [0.1, 0.15) is 5.39 Å². The molecule has 0 saturated heterocycles. The molecule has 0 aliphatic heterocycles. The minimum absolute atomic E-state index is 0.589. The van der Waals surface area contributed by atoms with Crippen molar-refractivity contribution in [2.24, 2.45) is 5.92 Å². The third-order valence-corrected chi connectivity index (χ3v) is 4.79. The van der Waals surface area contributed by atoms with Crippen molar-refractivity contribution < 1.29 is 4.57 Å². The van der Waals surface area contributed by atoms with Gasteiger partial charge in [0.25, 0.3) is 0 Å². The molecular formula is C14H20N3S+. The topological polar surface area (TPSA) is 42.8 Å². The first-order valence-corrected chi connectivity index (χ1v) is 7.56. The molecule has 1 aliphatic carbocycles. The maximum Gasteiger partial charge on any atom is 0.231 e. The molecule has 2 aromatic rings. The summed E-state index contributed by atoms with van der Waals surface area (Å²) in [5.74, 6) is 1.50. The van der Waals surface area contributed by atoms with Gasteiger partial charge >= 0.3 is 0 Å². The van der Waals surface area contributed by atoms with Crippen LogP contribution in [0.15, 0.2) is 6.33 Å². The number of nitrogens with two attached hydrogens (primary N) is 1. The smallest absolute Gasteiger partial charge is 0.231 e. The van der Waals surface area contributed by atoms with Crippen LogP contribution in [0, 0.1) is 5.92 Å². The van der Waals surface area contributed by atoms with Gasteiger partial charge in [-0.15, -0.1) is 11.3 Å². The lowest BCUT2D eigenvalue weighted by Crippen LogP contribution is -2.39. The van der Waals surface area contributed by atoms with Crippen molar-refractivity contribution >= 4 is 27.4 Å². The second-order valence-corrected chi connectivity index (χ2v) is 6.65. The lowest BCUT2D eigenvalue weighted by molar-refractivity contribution is -0.690. The zero-order chi connectivity index (χ0) is 12.7. The Bertz CT molecular complexity index is 586. The van der Waals surface area contributed by atoms with E-state index in [2.05, 4.69) is 23.4 Å². The van der Waals surface area contributed by atoms with Gasteiger partial charge in [-0.1, -0.05) is 18.8 Å². The van der Waals surface area contributed by atoms with Crippen LogP contribution >= 0.6 is 11.3 Å². The molecule has 0 unspecified atom stereocenters. The third-order valence-electron chi connectivity index (χ3n) is 3.59. The first-order chi connectivity index (χ1) is 8.66. The average molecular weight is 262 g/mol. The van der Waals surface area contributed by atoms with Gasteiger partial charge in [-0.25, -0.2) is 4.57 Å². The van der Waals surface area contributed by atoms with E-state index in [1.54, 1.807) is 0 Å². The first kappa shape index (κ1) is 11.9. The van der Waals surface area contributed by atoms with Crippen molar-refractivity contribution in [3.63, 3.8) is 0 Å². The lowest BCUT2D eigenvalue weighted by atomic mass is 9.97. The Morgan fingerprint density at radius 1 is 1.39 bits per heavy atom. The fraction of sp³-hybridized carbons (Fsp3) is 0.571. The molecule has 0 amide bonds. The molecular weight excluding hydrogens is 242 g/mol. The van der Waals surface area contributed by atoms with Crippen molar-refractivity contribution in [3.8, 4) is 0 Å². The summed E-state index contributed by atoms with van der Waals surface area (Å²) < 4.78 is 2.11. The number of rotatable bonds is 2. The highest BCUT2D eigenvalue weighted by molar-refractivity contribution is 7.18. The van der Waals surface area contributed by atoms with Gasteiger partial charge in [-0.2, -0.15) is 0 Å². The van der Waals surface area contributed by atoms with E-state index in [9.17, 15) is 0 Å². The quantitative estimate of drug-likeness (QED) is 0.846. The number of thiophene rings is 1. The van der Waals surface area contributed by atoms with E-state index in [4.69, 9.17) is 5.73 Å². The van der Waals surface area contributed by atoms with Crippen molar-refractivity contribution in [1.82, 2.24) is 4.98 Å². The lowest BCUT2D eigenvalue weighted by Gasteiger charge is -2.11. The fourth-order valence-corrected chi connectivity index (χ4v) is 4.01. The van der Waals surface area contributed by atoms with Crippen LogP contribution in [0.5, 0.6) is 0 Å². The number of fused-ring (bicyclic) bond motifs is 3. The summed E-state index contributed by atoms with van der Waals surface area (Å²) in [6.45, 7) is 5.36. The van der Waals surface area contributed by atoms with Crippen LogP contribution in [0.3, 0.4) is 0 Å². The Morgan fingerprint density at radius 3 is 2.94 bits per heavy atom. The SMILES string of the molecule is CC(C)C[n+]1cnc2sc3c(c2c1N)CCCC3. The summed E-state index contributed by atoms with van der Waals surface area (Å²) in [6.07, 6.45) is 6.88. The number of aromatic nitrogens is 2. The molecule has 18 heavy (non-hydrogen) atoms. The minimum atomic E-state index is 0.589. The van der Waals surface area contributed by atoms with Gasteiger partial charge in [0, 0.05) is 4.88 Å². The van der Waals surface area contributed by atoms with Crippen molar-refractivity contribution in [1.29, 1.82) is 0 Å². The minimum Gasteiger partial charge on any atom is -0.318 e. The summed E-state index contributed by atoms with van der Waals surface area (Å²) in [7, 11) is 0. The summed E-state index contributed by atoms with van der Waals surface area (Å²) in [5, 5.41) is 1.23. The summed E-state index contributed by atoms with van der Waals surface area (Å²) in [5.41, 5.74) is 7.84. The van der Waals surface area contributed by atoms with Crippen molar-refractivity contribution in [3.05, 3.63) is 16.8 Å². The molecule has 0 atom stereocenters. The van der Waals surface area contributed by atoms with Crippen LogP contribution in [-0.4, -0.2) is 4.98 Å². The molecule has 3 nitrogen and oxygen atoms in total. The van der Waals surface area contributed by atoms with Crippen molar-refractivity contribution in [2.45, 2.75) is 46.1 Å². The van der Waals surface area contributed by atoms with Gasteiger partial charge in [0.2, 0.25) is 17.0 Å². The molecule has 0 fully saturated rings. The van der Waals surface area contributed by atoms with E-state index in [0.29, 0.717) is 5.92 Å². The van der Waals surface area contributed by atoms with E-state index >= 15 is 0 Å². The molecule has 2 aromatic heterocycles. The Kier molecular flexibility index (Phi) is 2.98. The molecule has 0 bridgehead atoms. The molecule has 0 aromatic carbocycles. The van der Waals surface area contributed by atoms with E-state index in [1.807, 2.05) is 17.7 Å². The van der Waals surface area contributed by atoms with Crippen LogP contribution in [0.25, 0.3) is 10.2 Å². The largest absolute Gasteiger partial charge is 0.318 e. The van der Waals surface area contributed by atoms with E-state index < -0.39 is 0 Å². The number of nitrogens with zero attached hydrogens (tertiary/aromatic N) is 2. The zero-order valence-electron chi connectivity index (χ0n) is 11.1. The molecule has 1 aliphatic rings. The van der Waals surface area contributed by atoms with Gasteiger partial charge in [0.15, 0.2) is 0 Å². The van der Waals surface area contributed by atoms with Gasteiger partial charge < -0.3 is 5.73 Å². The Labute approximate surface area is 112 Å². The Balaban J connectivity index is 2.17. The zero-order valence-corrected chi connectivity index (χ0v) is 11.9. The number of aryl methyl sites for hydroxylation is 2. The molecule has 0 spiro atoms. The maximum absolute atomic E-state index is 6.37. The predicted molar refractivity (Wildman–Crippen MR) is 75.7 cm³/mol. The molecule has 2 heterocycles. The Hall–Kier alpha value is -1.16. The van der Waals surface area contributed by atoms with Gasteiger partial charge in [0.05, 0.1) is 6.54 Å². The van der Waals surface area contributed by atoms with Crippen LogP contribution in [-0.2, 0) is 19.4 Å². The highest BCUT2D eigenvalue weighted by Gasteiger charge is 2.23. The molecule has 2 N–H and O–H groups in total. The number of hydrogen-bond donors (Lipinski definition) is 1. The van der Waals surface area contributed by atoms with Crippen LogP contribution in [0.2, 0.25) is 0 Å². The van der Waals surface area contributed by atoms with Gasteiger partial charge in [-0.05, 0) is 37.2 Å². The fourth-order valence-electron chi connectivity index (χ4n) is 2.77. The van der Waals surface area contributed by atoms with E-state index in [-0.39, 0.29) is 0 Å². The maximum atomic E-state index is 6.37. The van der Waals surface area contributed by atoms with Crippen LogP contribution in [0.4, 0.5) is 5.82 Å². The van der Waals surface area contributed by atoms with Crippen LogP contribution < -0.4 is 10.3 Å². The number of nitrogen functional groups attached to an aromatic ring is 1. The standard InChI is InChI=1S/C14H19N3S/c1-9(2)7-17-8-16-14-12(13(17)15)10-5-3-4-6-11(10)18-14/h8-9,15H,3-7H2,1-2H3/p+1. The first-order valence-electron chi connectivity index (χ1n) is 6.75. The predicted octanol–water partition coefficient (Wildman–Crippen LogP) is 2.70. The molecule has 4 heteroatoms. The third kappa shape index (κ3) is 1.88. The number of hydrogen-bond acceptors (Lipinski definition) is 3. The highest BCUT2D eigenvalue weighted by Crippen LogP contribution is 2.36.